The molecule has 2 rings (SSSR count). The zero-order valence-electron chi connectivity index (χ0n) is 14.1. The van der Waals surface area contributed by atoms with Crippen molar-refractivity contribution in [1.82, 2.24) is 4.90 Å². The van der Waals surface area contributed by atoms with Gasteiger partial charge in [0.05, 0.1) is 9.64 Å². The average Bonchev–Trinajstić information content (AvgIpc) is 2.48. The Kier molecular flexibility index (Phi) is 5.67. The average molecular weight is 324 g/mol. The van der Waals surface area contributed by atoms with Crippen LogP contribution in [0.1, 0.15) is 46.5 Å². The molecule has 0 saturated carbocycles. The number of sulfone groups is 1. The minimum absolute atomic E-state index is 0.437. The third-order valence-corrected chi connectivity index (χ3v) is 7.33. The summed E-state index contributed by atoms with van der Waals surface area (Å²) in [4.78, 5) is 2.92. The lowest BCUT2D eigenvalue weighted by atomic mass is 9.99. The van der Waals surface area contributed by atoms with Crippen molar-refractivity contribution in [3.05, 3.63) is 30.3 Å². The molecule has 0 spiro atoms. The van der Waals surface area contributed by atoms with Gasteiger partial charge in [0.15, 0.2) is 9.84 Å². The Morgan fingerprint density at radius 3 is 2.55 bits per heavy atom. The smallest absolute Gasteiger partial charge is 0.183 e. The molecule has 0 aliphatic carbocycles. The van der Waals surface area contributed by atoms with Gasteiger partial charge >= 0.3 is 0 Å². The van der Waals surface area contributed by atoms with Crippen molar-refractivity contribution in [1.29, 1.82) is 0 Å². The molecule has 1 aromatic rings. The Morgan fingerprint density at radius 1 is 1.23 bits per heavy atom. The Hall–Kier alpha value is -0.870. The highest BCUT2D eigenvalue weighted by atomic mass is 32.2. The van der Waals surface area contributed by atoms with Gasteiger partial charge in [-0.05, 0) is 70.7 Å². The molecule has 1 aliphatic heterocycles. The van der Waals surface area contributed by atoms with Crippen LogP contribution in [0.25, 0.3) is 0 Å². The van der Waals surface area contributed by atoms with Crippen LogP contribution in [0.3, 0.4) is 0 Å². The standard InChI is InChI=1S/C18H29NO2S/c1-16-9-7-13-19(15-16)14-8-12-18(2,3)22(20,21)17-10-5-4-6-11-17/h4-6,10-11,16H,7-9,12-15H2,1-3H3. The lowest BCUT2D eigenvalue weighted by molar-refractivity contribution is 0.179. The van der Waals surface area contributed by atoms with E-state index in [0.29, 0.717) is 11.3 Å². The topological polar surface area (TPSA) is 37.4 Å². The van der Waals surface area contributed by atoms with E-state index < -0.39 is 14.6 Å². The molecule has 0 aromatic heterocycles. The van der Waals surface area contributed by atoms with Gasteiger partial charge in [-0.1, -0.05) is 25.1 Å². The van der Waals surface area contributed by atoms with Gasteiger partial charge in [-0.15, -0.1) is 0 Å². The van der Waals surface area contributed by atoms with Gasteiger partial charge in [0.25, 0.3) is 0 Å². The van der Waals surface area contributed by atoms with E-state index in [2.05, 4.69) is 11.8 Å². The number of piperidine rings is 1. The van der Waals surface area contributed by atoms with E-state index in [1.165, 1.54) is 12.8 Å². The van der Waals surface area contributed by atoms with E-state index in [9.17, 15) is 8.42 Å². The highest BCUT2D eigenvalue weighted by Crippen LogP contribution is 2.29. The summed E-state index contributed by atoms with van der Waals surface area (Å²) in [5.74, 6) is 0.773. The SMILES string of the molecule is CC1CCCN(CCCC(C)(C)S(=O)(=O)c2ccccc2)C1. The summed E-state index contributed by atoms with van der Waals surface area (Å²) in [6, 6.07) is 8.83. The van der Waals surface area contributed by atoms with E-state index in [1.54, 1.807) is 24.3 Å². The number of hydrogen-bond donors (Lipinski definition) is 0. The molecular weight excluding hydrogens is 294 g/mol. The molecule has 1 aliphatic rings. The summed E-state index contributed by atoms with van der Waals surface area (Å²) < 4.78 is 24.8. The van der Waals surface area contributed by atoms with Crippen molar-refractivity contribution >= 4 is 9.84 Å². The van der Waals surface area contributed by atoms with Crippen LogP contribution >= 0.6 is 0 Å². The fourth-order valence-corrected chi connectivity index (χ4v) is 4.84. The Morgan fingerprint density at radius 2 is 1.91 bits per heavy atom. The Balaban J connectivity index is 1.93. The quantitative estimate of drug-likeness (QED) is 0.800. The minimum atomic E-state index is -3.27. The first kappa shape index (κ1) is 17.5. The molecule has 0 N–H and O–H groups in total. The summed E-state index contributed by atoms with van der Waals surface area (Å²) in [7, 11) is -3.27. The van der Waals surface area contributed by atoms with Gasteiger partial charge in [0.1, 0.15) is 0 Å². The van der Waals surface area contributed by atoms with E-state index in [4.69, 9.17) is 0 Å². The lowest BCUT2D eigenvalue weighted by Gasteiger charge is -2.32. The summed E-state index contributed by atoms with van der Waals surface area (Å²) >= 11 is 0. The molecular formula is C18H29NO2S. The van der Waals surface area contributed by atoms with Gasteiger partial charge in [0.2, 0.25) is 0 Å². The second kappa shape index (κ2) is 7.14. The molecule has 0 amide bonds. The maximum atomic E-state index is 12.8. The van der Waals surface area contributed by atoms with E-state index >= 15 is 0 Å². The molecule has 1 atom stereocenters. The van der Waals surface area contributed by atoms with Crippen LogP contribution in [-0.4, -0.2) is 37.7 Å². The van der Waals surface area contributed by atoms with Crippen LogP contribution in [-0.2, 0) is 9.84 Å². The van der Waals surface area contributed by atoms with Crippen molar-refractivity contribution in [2.24, 2.45) is 5.92 Å². The van der Waals surface area contributed by atoms with Crippen molar-refractivity contribution in [3.8, 4) is 0 Å². The van der Waals surface area contributed by atoms with Crippen molar-refractivity contribution < 1.29 is 8.42 Å². The zero-order valence-corrected chi connectivity index (χ0v) is 14.9. The van der Waals surface area contributed by atoms with Crippen LogP contribution in [0.15, 0.2) is 35.2 Å². The molecule has 4 heteroatoms. The van der Waals surface area contributed by atoms with Crippen LogP contribution in [0.4, 0.5) is 0 Å². The number of nitrogens with zero attached hydrogens (tertiary/aromatic N) is 1. The molecule has 22 heavy (non-hydrogen) atoms. The molecule has 0 radical (unpaired) electrons. The zero-order chi connectivity index (χ0) is 16.2. The van der Waals surface area contributed by atoms with Gasteiger partial charge in [-0.25, -0.2) is 8.42 Å². The van der Waals surface area contributed by atoms with E-state index in [1.807, 2.05) is 19.9 Å². The van der Waals surface area contributed by atoms with Crippen molar-refractivity contribution in [2.75, 3.05) is 19.6 Å². The summed E-state index contributed by atoms with van der Waals surface area (Å²) in [5, 5.41) is 0. The molecule has 3 nitrogen and oxygen atoms in total. The fraction of sp³-hybridized carbons (Fsp3) is 0.667. The molecule has 1 heterocycles. The number of benzene rings is 1. The Bertz CT molecular complexity index is 566. The largest absolute Gasteiger partial charge is 0.303 e. The van der Waals surface area contributed by atoms with Crippen LogP contribution in [0.5, 0.6) is 0 Å². The molecule has 1 unspecified atom stereocenters. The van der Waals surface area contributed by atoms with Gasteiger partial charge < -0.3 is 4.90 Å². The molecule has 124 valence electrons. The highest BCUT2D eigenvalue weighted by molar-refractivity contribution is 7.92. The lowest BCUT2D eigenvalue weighted by Crippen LogP contribution is -2.37. The third kappa shape index (κ3) is 4.11. The number of likely N-dealkylation sites (tertiary alicyclic amines) is 1. The second-order valence-electron chi connectivity index (χ2n) is 7.23. The fourth-order valence-electron chi connectivity index (χ4n) is 3.27. The molecule has 1 fully saturated rings. The summed E-state index contributed by atoms with van der Waals surface area (Å²) in [5.41, 5.74) is 0. The first-order valence-corrected chi connectivity index (χ1v) is 9.83. The summed E-state index contributed by atoms with van der Waals surface area (Å²) in [6.07, 6.45) is 4.23. The van der Waals surface area contributed by atoms with E-state index in [-0.39, 0.29) is 0 Å². The first-order valence-electron chi connectivity index (χ1n) is 8.35. The van der Waals surface area contributed by atoms with Crippen LogP contribution in [0, 0.1) is 5.92 Å². The monoisotopic (exact) mass is 323 g/mol. The second-order valence-corrected chi connectivity index (χ2v) is 9.81. The number of rotatable bonds is 6. The van der Waals surface area contributed by atoms with Crippen molar-refractivity contribution in [3.63, 3.8) is 0 Å². The summed E-state index contributed by atoms with van der Waals surface area (Å²) in [6.45, 7) is 9.35. The molecule has 0 bridgehead atoms. The molecule has 1 saturated heterocycles. The minimum Gasteiger partial charge on any atom is -0.303 e. The predicted octanol–water partition coefficient (Wildman–Crippen LogP) is 3.75. The van der Waals surface area contributed by atoms with Gasteiger partial charge in [0, 0.05) is 6.54 Å². The normalized spacial score (nSPS) is 21.0. The maximum Gasteiger partial charge on any atom is 0.183 e. The third-order valence-electron chi connectivity index (χ3n) is 4.78. The predicted molar refractivity (Wildman–Crippen MR) is 91.8 cm³/mol. The van der Waals surface area contributed by atoms with Crippen molar-refractivity contribution in [2.45, 2.75) is 56.1 Å². The van der Waals surface area contributed by atoms with Crippen LogP contribution < -0.4 is 0 Å². The molecule has 1 aromatic carbocycles. The maximum absolute atomic E-state index is 12.8. The Labute approximate surface area is 135 Å². The van der Waals surface area contributed by atoms with Gasteiger partial charge in [-0.3, -0.25) is 0 Å². The highest BCUT2D eigenvalue weighted by Gasteiger charge is 2.35. The van der Waals surface area contributed by atoms with Crippen LogP contribution in [0.2, 0.25) is 0 Å². The number of hydrogen-bond acceptors (Lipinski definition) is 3. The van der Waals surface area contributed by atoms with E-state index in [0.717, 1.165) is 32.0 Å². The first-order chi connectivity index (χ1) is 10.3. The van der Waals surface area contributed by atoms with Gasteiger partial charge in [-0.2, -0.15) is 0 Å².